The van der Waals surface area contributed by atoms with Gasteiger partial charge in [0.15, 0.2) is 5.96 Å². The summed E-state index contributed by atoms with van der Waals surface area (Å²) in [6.45, 7) is 8.36. The van der Waals surface area contributed by atoms with Crippen LogP contribution in [-0.4, -0.2) is 64.3 Å². The van der Waals surface area contributed by atoms with Crippen molar-refractivity contribution in [1.29, 1.82) is 0 Å². The molecule has 6 nitrogen and oxygen atoms in total. The summed E-state index contributed by atoms with van der Waals surface area (Å²) in [7, 11) is 3.46. The molecule has 1 saturated heterocycles. The van der Waals surface area contributed by atoms with Crippen LogP contribution in [0.1, 0.15) is 32.6 Å². The van der Waals surface area contributed by atoms with Crippen molar-refractivity contribution in [1.82, 2.24) is 15.5 Å². The topological polar surface area (TPSA) is 58.1 Å². The van der Waals surface area contributed by atoms with Gasteiger partial charge in [0.25, 0.3) is 0 Å². The minimum absolute atomic E-state index is 0. The van der Waals surface area contributed by atoms with E-state index in [9.17, 15) is 0 Å². The smallest absolute Gasteiger partial charge is 0.191 e. The third-order valence-electron chi connectivity index (χ3n) is 5.02. The Morgan fingerprint density at radius 3 is 2.36 bits per heavy atom. The van der Waals surface area contributed by atoms with Gasteiger partial charge in [-0.15, -0.1) is 24.0 Å². The first-order valence-electron chi connectivity index (χ1n) is 10.1. The number of guanidine groups is 1. The second-order valence-electron chi connectivity index (χ2n) is 7.18. The normalized spacial score (nSPS) is 15.6. The number of likely N-dealkylation sites (tertiary alicyclic amines) is 1. The number of halogens is 1. The molecule has 0 aliphatic carbocycles. The monoisotopic (exact) mass is 504 g/mol. The zero-order valence-corrected chi connectivity index (χ0v) is 19.9. The fourth-order valence-corrected chi connectivity index (χ4v) is 3.18. The molecule has 1 aromatic rings. The second kappa shape index (κ2) is 14.7. The summed E-state index contributed by atoms with van der Waals surface area (Å²) in [5.41, 5.74) is 0. The lowest BCUT2D eigenvalue weighted by atomic mass is 9.99. The van der Waals surface area contributed by atoms with E-state index in [1.165, 1.54) is 38.9 Å². The van der Waals surface area contributed by atoms with Gasteiger partial charge in [-0.3, -0.25) is 4.99 Å². The maximum absolute atomic E-state index is 5.71. The summed E-state index contributed by atoms with van der Waals surface area (Å²) in [6, 6.07) is 7.62. The number of ether oxygens (including phenoxy) is 2. The zero-order chi connectivity index (χ0) is 19.3. The Balaban J connectivity index is 0.00000392. The predicted molar refractivity (Wildman–Crippen MR) is 127 cm³/mol. The molecule has 1 heterocycles. The third-order valence-corrected chi connectivity index (χ3v) is 5.02. The van der Waals surface area contributed by atoms with Crippen LogP contribution in [0.3, 0.4) is 0 Å². The minimum Gasteiger partial charge on any atom is -0.497 e. The molecule has 0 saturated carbocycles. The van der Waals surface area contributed by atoms with Crippen LogP contribution in [0.15, 0.2) is 29.3 Å². The molecule has 1 fully saturated rings. The SMILES string of the molecule is CN=C(NCCCCN1CCC(C)CC1)NCCOc1ccc(OC)cc1.I. The maximum Gasteiger partial charge on any atom is 0.191 e. The fourth-order valence-electron chi connectivity index (χ4n) is 3.18. The summed E-state index contributed by atoms with van der Waals surface area (Å²) in [6.07, 6.45) is 5.11. The molecule has 0 spiro atoms. The number of nitrogens with zero attached hydrogens (tertiary/aromatic N) is 2. The lowest BCUT2D eigenvalue weighted by molar-refractivity contribution is 0.189. The van der Waals surface area contributed by atoms with Gasteiger partial charge in [0.2, 0.25) is 0 Å². The van der Waals surface area contributed by atoms with Gasteiger partial charge in [-0.2, -0.15) is 0 Å². The molecule has 160 valence electrons. The number of methoxy groups -OCH3 is 1. The molecule has 7 heteroatoms. The number of piperidine rings is 1. The molecule has 0 atom stereocenters. The Bertz CT molecular complexity index is 546. The second-order valence-corrected chi connectivity index (χ2v) is 7.18. The molecule has 1 aromatic carbocycles. The zero-order valence-electron chi connectivity index (χ0n) is 17.6. The molecule has 2 rings (SSSR count). The Labute approximate surface area is 187 Å². The first-order chi connectivity index (χ1) is 13.2. The van der Waals surface area contributed by atoms with Crippen LogP contribution in [0, 0.1) is 5.92 Å². The lowest BCUT2D eigenvalue weighted by Gasteiger charge is -2.30. The minimum atomic E-state index is 0. The molecule has 28 heavy (non-hydrogen) atoms. The Hall–Kier alpha value is -1.22. The Morgan fingerprint density at radius 1 is 1.07 bits per heavy atom. The van der Waals surface area contributed by atoms with Gasteiger partial charge in [0.1, 0.15) is 18.1 Å². The number of hydrogen-bond acceptors (Lipinski definition) is 4. The van der Waals surface area contributed by atoms with Crippen molar-refractivity contribution in [2.24, 2.45) is 10.9 Å². The van der Waals surface area contributed by atoms with Gasteiger partial charge >= 0.3 is 0 Å². The summed E-state index contributed by atoms with van der Waals surface area (Å²) in [4.78, 5) is 6.86. The number of nitrogens with one attached hydrogen (secondary N) is 2. The molecule has 0 amide bonds. The quantitative estimate of drug-likeness (QED) is 0.222. The Morgan fingerprint density at radius 2 is 1.71 bits per heavy atom. The van der Waals surface area contributed by atoms with E-state index in [1.807, 2.05) is 24.3 Å². The van der Waals surface area contributed by atoms with E-state index in [2.05, 4.69) is 27.4 Å². The van der Waals surface area contributed by atoms with E-state index in [0.29, 0.717) is 13.2 Å². The average Bonchev–Trinajstić information content (AvgIpc) is 2.71. The van der Waals surface area contributed by atoms with Crippen LogP contribution in [0.2, 0.25) is 0 Å². The molecular formula is C21H37IN4O2. The maximum atomic E-state index is 5.71. The lowest BCUT2D eigenvalue weighted by Crippen LogP contribution is -2.40. The van der Waals surface area contributed by atoms with Crippen molar-refractivity contribution in [3.05, 3.63) is 24.3 Å². The van der Waals surface area contributed by atoms with Gasteiger partial charge in [0.05, 0.1) is 13.7 Å². The van der Waals surface area contributed by atoms with Crippen molar-refractivity contribution in [3.63, 3.8) is 0 Å². The van der Waals surface area contributed by atoms with Gasteiger partial charge in [-0.25, -0.2) is 0 Å². The first kappa shape index (κ1) is 24.8. The third kappa shape index (κ3) is 9.82. The van der Waals surface area contributed by atoms with Crippen LogP contribution in [0.4, 0.5) is 0 Å². The van der Waals surface area contributed by atoms with Gasteiger partial charge < -0.3 is 25.0 Å². The van der Waals surface area contributed by atoms with Gasteiger partial charge in [-0.05, 0) is 75.5 Å². The van der Waals surface area contributed by atoms with E-state index in [4.69, 9.17) is 9.47 Å². The number of unbranched alkanes of at least 4 members (excludes halogenated alkanes) is 1. The number of aliphatic imine (C=N–C) groups is 1. The van der Waals surface area contributed by atoms with Gasteiger partial charge in [-0.1, -0.05) is 6.92 Å². The van der Waals surface area contributed by atoms with E-state index in [1.54, 1.807) is 14.2 Å². The van der Waals surface area contributed by atoms with Gasteiger partial charge in [0, 0.05) is 13.6 Å². The standard InChI is InChI=1S/C21H36N4O2.HI/c1-18-10-15-25(16-11-18)14-5-4-12-23-21(22-2)24-13-17-27-20-8-6-19(26-3)7-9-20;/h6-9,18H,4-5,10-17H2,1-3H3,(H2,22,23,24);1H. The van der Waals surface area contributed by atoms with E-state index in [0.717, 1.165) is 36.3 Å². The molecule has 0 bridgehead atoms. The van der Waals surface area contributed by atoms with Crippen molar-refractivity contribution in [2.75, 3.05) is 53.5 Å². The van der Waals surface area contributed by atoms with Crippen LogP contribution in [0.25, 0.3) is 0 Å². The molecule has 1 aliphatic heterocycles. The van der Waals surface area contributed by atoms with Crippen LogP contribution >= 0.6 is 24.0 Å². The van der Waals surface area contributed by atoms with Crippen molar-refractivity contribution < 1.29 is 9.47 Å². The van der Waals surface area contributed by atoms with Crippen molar-refractivity contribution >= 4 is 29.9 Å². The number of benzene rings is 1. The highest BCUT2D eigenvalue weighted by Gasteiger charge is 2.14. The van der Waals surface area contributed by atoms with Crippen LogP contribution < -0.4 is 20.1 Å². The molecule has 1 aliphatic rings. The summed E-state index contributed by atoms with van der Waals surface area (Å²) in [5.74, 6) is 3.42. The van der Waals surface area contributed by atoms with E-state index >= 15 is 0 Å². The first-order valence-corrected chi connectivity index (χ1v) is 10.1. The average molecular weight is 504 g/mol. The largest absolute Gasteiger partial charge is 0.497 e. The van der Waals surface area contributed by atoms with Crippen molar-refractivity contribution in [2.45, 2.75) is 32.6 Å². The van der Waals surface area contributed by atoms with E-state index in [-0.39, 0.29) is 24.0 Å². The number of hydrogen-bond donors (Lipinski definition) is 2. The van der Waals surface area contributed by atoms with Crippen LogP contribution in [0.5, 0.6) is 11.5 Å². The molecule has 2 N–H and O–H groups in total. The van der Waals surface area contributed by atoms with E-state index < -0.39 is 0 Å². The highest BCUT2D eigenvalue weighted by molar-refractivity contribution is 14.0. The summed E-state index contributed by atoms with van der Waals surface area (Å²) >= 11 is 0. The number of rotatable bonds is 10. The molecular weight excluding hydrogens is 467 g/mol. The summed E-state index contributed by atoms with van der Waals surface area (Å²) < 4.78 is 10.9. The predicted octanol–water partition coefficient (Wildman–Crippen LogP) is 3.37. The van der Waals surface area contributed by atoms with Crippen LogP contribution in [-0.2, 0) is 0 Å². The fraction of sp³-hybridized carbons (Fsp3) is 0.667. The van der Waals surface area contributed by atoms with Crippen molar-refractivity contribution in [3.8, 4) is 11.5 Å². The summed E-state index contributed by atoms with van der Waals surface area (Å²) in [5, 5.41) is 6.66. The Kier molecular flexibility index (Phi) is 13.1. The molecule has 0 radical (unpaired) electrons. The highest BCUT2D eigenvalue weighted by Crippen LogP contribution is 2.17. The highest BCUT2D eigenvalue weighted by atomic mass is 127. The molecule has 0 unspecified atom stereocenters. The molecule has 0 aromatic heterocycles.